The fourth-order valence-corrected chi connectivity index (χ4v) is 3.29. The monoisotopic (exact) mass is 333 g/mol. The molecule has 1 heterocycles. The fraction of sp³-hybridized carbons (Fsp3) is 0.579. The van der Waals surface area contributed by atoms with Crippen molar-refractivity contribution in [1.29, 1.82) is 0 Å². The molecule has 0 radical (unpaired) electrons. The van der Waals surface area contributed by atoms with Gasteiger partial charge in [-0.2, -0.15) is 0 Å². The fourth-order valence-electron chi connectivity index (χ4n) is 3.29. The summed E-state index contributed by atoms with van der Waals surface area (Å²) in [5.41, 5.74) is 2.11. The molecule has 1 atom stereocenters. The second kappa shape index (κ2) is 8.83. The van der Waals surface area contributed by atoms with Crippen molar-refractivity contribution in [2.24, 2.45) is 5.92 Å². The molecule has 0 bridgehead atoms. The minimum Gasteiger partial charge on any atom is -0.469 e. The highest BCUT2D eigenvalue weighted by atomic mass is 16.5. The van der Waals surface area contributed by atoms with Gasteiger partial charge >= 0.3 is 5.97 Å². The van der Waals surface area contributed by atoms with Crippen LogP contribution < -0.4 is 10.2 Å². The van der Waals surface area contributed by atoms with Gasteiger partial charge in [-0.15, -0.1) is 0 Å². The van der Waals surface area contributed by atoms with Crippen molar-refractivity contribution in [2.45, 2.75) is 39.0 Å². The van der Waals surface area contributed by atoms with Crippen LogP contribution in [0.15, 0.2) is 24.3 Å². The van der Waals surface area contributed by atoms with E-state index >= 15 is 0 Å². The van der Waals surface area contributed by atoms with Crippen LogP contribution in [-0.2, 0) is 14.3 Å². The average Bonchev–Trinajstić information content (AvgIpc) is 2.61. The first kappa shape index (κ1) is 18.5. The summed E-state index contributed by atoms with van der Waals surface area (Å²) in [5, 5.41) is 3.07. The van der Waals surface area contributed by atoms with Crippen LogP contribution in [0.3, 0.4) is 0 Å². The molecular formula is C19H29N2O3+. The molecule has 1 saturated heterocycles. The van der Waals surface area contributed by atoms with Crippen molar-refractivity contribution in [1.82, 2.24) is 0 Å². The number of amides is 1. The van der Waals surface area contributed by atoms with Crippen molar-refractivity contribution < 1.29 is 19.2 Å². The number of anilines is 1. The van der Waals surface area contributed by atoms with Gasteiger partial charge in [-0.05, 0) is 24.0 Å². The Bertz CT molecular complexity index is 565. The molecule has 5 nitrogen and oxygen atoms in total. The van der Waals surface area contributed by atoms with Gasteiger partial charge in [-0.3, -0.25) is 9.59 Å². The van der Waals surface area contributed by atoms with Crippen molar-refractivity contribution in [3.05, 3.63) is 29.8 Å². The Balaban J connectivity index is 1.88. The third-order valence-corrected chi connectivity index (χ3v) is 5.02. The summed E-state index contributed by atoms with van der Waals surface area (Å²) in [5.74, 6) is 0.329. The number of quaternary nitrogens is 1. The number of methoxy groups -OCH3 is 1. The van der Waals surface area contributed by atoms with E-state index in [9.17, 15) is 9.59 Å². The maximum absolute atomic E-state index is 12.4. The lowest BCUT2D eigenvalue weighted by Crippen LogP contribution is -3.14. The van der Waals surface area contributed by atoms with Gasteiger partial charge in [-0.25, -0.2) is 0 Å². The zero-order valence-corrected chi connectivity index (χ0v) is 14.9. The van der Waals surface area contributed by atoms with E-state index in [1.54, 1.807) is 0 Å². The number of hydrogen-bond donors (Lipinski definition) is 2. The first-order valence-corrected chi connectivity index (χ1v) is 8.85. The molecule has 1 aliphatic heterocycles. The van der Waals surface area contributed by atoms with Crippen LogP contribution >= 0.6 is 0 Å². The molecule has 0 aliphatic carbocycles. The van der Waals surface area contributed by atoms with E-state index in [-0.39, 0.29) is 17.8 Å². The van der Waals surface area contributed by atoms with E-state index in [4.69, 9.17) is 4.74 Å². The van der Waals surface area contributed by atoms with Gasteiger partial charge in [0.05, 0.1) is 26.1 Å². The maximum Gasteiger partial charge on any atom is 0.309 e. The molecule has 132 valence electrons. The number of likely N-dealkylation sites (tertiary alicyclic amines) is 1. The Morgan fingerprint density at radius 3 is 2.58 bits per heavy atom. The van der Waals surface area contributed by atoms with Gasteiger partial charge in [0.1, 0.15) is 0 Å². The Morgan fingerprint density at radius 1 is 1.29 bits per heavy atom. The third-order valence-electron chi connectivity index (χ3n) is 5.02. The lowest BCUT2D eigenvalue weighted by atomic mass is 9.96. The van der Waals surface area contributed by atoms with Crippen molar-refractivity contribution >= 4 is 17.6 Å². The summed E-state index contributed by atoms with van der Waals surface area (Å²) in [7, 11) is 1.43. The highest BCUT2D eigenvalue weighted by molar-refractivity contribution is 5.92. The van der Waals surface area contributed by atoms with Crippen LogP contribution in [-0.4, -0.2) is 38.6 Å². The number of piperidine rings is 1. The second-order valence-electron chi connectivity index (χ2n) is 6.67. The maximum atomic E-state index is 12.4. The predicted octanol–water partition coefficient (Wildman–Crippen LogP) is 1.61. The summed E-state index contributed by atoms with van der Waals surface area (Å²) in [4.78, 5) is 25.2. The summed E-state index contributed by atoms with van der Waals surface area (Å²) in [6.45, 7) is 6.44. The highest BCUT2D eigenvalue weighted by Gasteiger charge is 2.29. The van der Waals surface area contributed by atoms with Crippen LogP contribution in [0.2, 0.25) is 0 Å². The number of carbonyl (C=O) groups excluding carboxylic acids is 2. The van der Waals surface area contributed by atoms with Crippen molar-refractivity contribution in [3.8, 4) is 0 Å². The van der Waals surface area contributed by atoms with Gasteiger partial charge in [-0.1, -0.05) is 32.0 Å². The molecular weight excluding hydrogens is 304 g/mol. The first-order chi connectivity index (χ1) is 11.5. The lowest BCUT2D eigenvalue weighted by Gasteiger charge is -2.27. The standard InChI is InChI=1S/C19H28N2O3/c1-4-14(2)16-7-5-6-8-17(16)20-18(22)13-21-11-9-15(10-12-21)19(23)24-3/h5-8,14-15H,4,9-13H2,1-3H3,(H,20,22)/p+1/t14-/m1/s1. The molecule has 1 amide bonds. The number of para-hydroxylation sites is 1. The van der Waals surface area contributed by atoms with Crippen LogP contribution in [0.4, 0.5) is 5.69 Å². The van der Waals surface area contributed by atoms with Crippen molar-refractivity contribution in [2.75, 3.05) is 32.1 Å². The van der Waals surface area contributed by atoms with Gasteiger partial charge < -0.3 is 15.0 Å². The number of rotatable bonds is 6. The first-order valence-electron chi connectivity index (χ1n) is 8.85. The molecule has 1 fully saturated rings. The Labute approximate surface area is 144 Å². The van der Waals surface area contributed by atoms with E-state index in [0.717, 1.165) is 38.0 Å². The van der Waals surface area contributed by atoms with Gasteiger partial charge in [0.15, 0.2) is 6.54 Å². The number of esters is 1. The number of nitrogens with one attached hydrogen (secondary N) is 2. The van der Waals surface area contributed by atoms with E-state index in [1.165, 1.54) is 17.6 Å². The van der Waals surface area contributed by atoms with E-state index in [1.807, 2.05) is 18.2 Å². The lowest BCUT2D eigenvalue weighted by molar-refractivity contribution is -0.897. The molecule has 5 heteroatoms. The molecule has 0 unspecified atom stereocenters. The SMILES string of the molecule is CC[C@@H](C)c1ccccc1NC(=O)C[NH+]1CCC(C(=O)OC)CC1. The topological polar surface area (TPSA) is 59.8 Å². The average molecular weight is 333 g/mol. The Morgan fingerprint density at radius 2 is 1.96 bits per heavy atom. The largest absolute Gasteiger partial charge is 0.469 e. The third kappa shape index (κ3) is 4.81. The molecule has 0 saturated carbocycles. The molecule has 24 heavy (non-hydrogen) atoms. The van der Waals surface area contributed by atoms with Crippen LogP contribution in [0.25, 0.3) is 0 Å². The van der Waals surface area contributed by atoms with Crippen molar-refractivity contribution in [3.63, 3.8) is 0 Å². The van der Waals surface area contributed by atoms with E-state index in [0.29, 0.717) is 12.5 Å². The van der Waals surface area contributed by atoms with Gasteiger partial charge in [0.25, 0.3) is 5.91 Å². The van der Waals surface area contributed by atoms with Crippen LogP contribution in [0.5, 0.6) is 0 Å². The van der Waals surface area contributed by atoms with E-state index in [2.05, 4.69) is 25.2 Å². The number of carbonyl (C=O) groups is 2. The molecule has 1 aromatic rings. The zero-order chi connectivity index (χ0) is 17.5. The highest BCUT2D eigenvalue weighted by Crippen LogP contribution is 2.26. The summed E-state index contributed by atoms with van der Waals surface area (Å²) < 4.78 is 4.80. The van der Waals surface area contributed by atoms with Crippen LogP contribution in [0, 0.1) is 5.92 Å². The summed E-state index contributed by atoms with van der Waals surface area (Å²) in [6.07, 6.45) is 2.62. The van der Waals surface area contributed by atoms with Crippen LogP contribution in [0.1, 0.15) is 44.6 Å². The quantitative estimate of drug-likeness (QED) is 0.778. The molecule has 2 N–H and O–H groups in total. The number of ether oxygens (including phenoxy) is 1. The van der Waals surface area contributed by atoms with Gasteiger partial charge in [0.2, 0.25) is 0 Å². The molecule has 1 aromatic carbocycles. The second-order valence-corrected chi connectivity index (χ2v) is 6.67. The normalized spacial score (nSPS) is 21.8. The molecule has 2 rings (SSSR count). The zero-order valence-electron chi connectivity index (χ0n) is 14.9. The minimum absolute atomic E-state index is 0.00654. The predicted molar refractivity (Wildman–Crippen MR) is 94.1 cm³/mol. The number of benzene rings is 1. The molecule has 1 aliphatic rings. The van der Waals surface area contributed by atoms with Gasteiger partial charge in [0, 0.05) is 18.5 Å². The molecule has 0 aromatic heterocycles. The summed E-state index contributed by atoms with van der Waals surface area (Å²) in [6, 6.07) is 8.02. The van der Waals surface area contributed by atoms with E-state index < -0.39 is 0 Å². The smallest absolute Gasteiger partial charge is 0.309 e. The Kier molecular flexibility index (Phi) is 6.79. The Hall–Kier alpha value is -1.88. The minimum atomic E-state index is -0.124. The number of hydrogen-bond acceptors (Lipinski definition) is 3. The molecule has 0 spiro atoms. The summed E-state index contributed by atoms with van der Waals surface area (Å²) >= 11 is 0.